The van der Waals surface area contributed by atoms with Crippen molar-refractivity contribution in [1.82, 2.24) is 0 Å². The average molecular weight is 136 g/mol. The Balaban J connectivity index is 2.07. The van der Waals surface area contributed by atoms with E-state index >= 15 is 0 Å². The van der Waals surface area contributed by atoms with Gasteiger partial charge in [0, 0.05) is 12.3 Å². The Morgan fingerprint density at radius 3 is 3.30 bits per heavy atom. The summed E-state index contributed by atoms with van der Waals surface area (Å²) in [4.78, 5) is 11.2. The van der Waals surface area contributed by atoms with Crippen molar-refractivity contribution in [3.8, 4) is 0 Å². The van der Waals surface area contributed by atoms with Gasteiger partial charge in [-0.05, 0) is 25.2 Å². The van der Waals surface area contributed by atoms with Crippen LogP contribution < -0.4 is 0 Å². The fourth-order valence-electron chi connectivity index (χ4n) is 1.65. The van der Waals surface area contributed by atoms with Crippen molar-refractivity contribution in [2.45, 2.75) is 25.7 Å². The van der Waals surface area contributed by atoms with Gasteiger partial charge in [0.05, 0.1) is 0 Å². The van der Waals surface area contributed by atoms with Gasteiger partial charge in [0.1, 0.15) is 5.78 Å². The van der Waals surface area contributed by atoms with Gasteiger partial charge in [0.2, 0.25) is 0 Å². The molecule has 2 aliphatic rings. The predicted molar refractivity (Wildman–Crippen MR) is 39.6 cm³/mol. The summed E-state index contributed by atoms with van der Waals surface area (Å²) < 4.78 is 0. The van der Waals surface area contributed by atoms with Gasteiger partial charge in [-0.15, -0.1) is 0 Å². The number of ketones is 1. The van der Waals surface area contributed by atoms with Crippen LogP contribution in [0.1, 0.15) is 25.7 Å². The van der Waals surface area contributed by atoms with E-state index in [9.17, 15) is 4.79 Å². The summed E-state index contributed by atoms with van der Waals surface area (Å²) >= 11 is 0. The lowest BCUT2D eigenvalue weighted by Gasteiger charge is -1.99. The SMILES string of the molecule is O=C1CCC/C=C\[C@H]2C[C@@H]12. The van der Waals surface area contributed by atoms with E-state index in [4.69, 9.17) is 0 Å². The minimum Gasteiger partial charge on any atom is -0.299 e. The molecule has 0 unspecified atom stereocenters. The van der Waals surface area contributed by atoms with Crippen molar-refractivity contribution in [2.24, 2.45) is 11.8 Å². The monoisotopic (exact) mass is 136 g/mol. The van der Waals surface area contributed by atoms with Crippen LogP contribution in [0, 0.1) is 11.8 Å². The van der Waals surface area contributed by atoms with Crippen LogP contribution >= 0.6 is 0 Å². The Morgan fingerprint density at radius 2 is 2.40 bits per heavy atom. The maximum atomic E-state index is 11.2. The van der Waals surface area contributed by atoms with Crippen LogP contribution in [0.3, 0.4) is 0 Å². The van der Waals surface area contributed by atoms with Crippen LogP contribution in [0.4, 0.5) is 0 Å². The Bertz CT molecular complexity index is 181. The molecule has 0 aromatic rings. The number of fused-ring (bicyclic) bond motifs is 1. The number of carbonyl (C=O) groups is 1. The van der Waals surface area contributed by atoms with Gasteiger partial charge in [-0.25, -0.2) is 0 Å². The highest BCUT2D eigenvalue weighted by atomic mass is 16.1. The molecule has 0 radical (unpaired) electrons. The summed E-state index contributed by atoms with van der Waals surface area (Å²) in [6.45, 7) is 0. The largest absolute Gasteiger partial charge is 0.299 e. The van der Waals surface area contributed by atoms with Gasteiger partial charge in [-0.2, -0.15) is 0 Å². The highest BCUT2D eigenvalue weighted by molar-refractivity contribution is 5.84. The number of hydrogen-bond acceptors (Lipinski definition) is 1. The van der Waals surface area contributed by atoms with E-state index in [1.54, 1.807) is 0 Å². The second-order valence-electron chi connectivity index (χ2n) is 3.29. The van der Waals surface area contributed by atoms with Crippen molar-refractivity contribution >= 4 is 5.78 Å². The molecule has 1 heteroatoms. The summed E-state index contributed by atoms with van der Waals surface area (Å²) in [6, 6.07) is 0. The third-order valence-electron chi connectivity index (χ3n) is 2.43. The fraction of sp³-hybridized carbons (Fsp3) is 0.667. The lowest BCUT2D eigenvalue weighted by Crippen LogP contribution is -2.02. The lowest BCUT2D eigenvalue weighted by molar-refractivity contribution is -0.120. The molecule has 0 heterocycles. The highest BCUT2D eigenvalue weighted by Crippen LogP contribution is 2.42. The zero-order valence-corrected chi connectivity index (χ0v) is 6.05. The van der Waals surface area contributed by atoms with Crippen molar-refractivity contribution in [3.05, 3.63) is 12.2 Å². The van der Waals surface area contributed by atoms with Gasteiger partial charge in [0.15, 0.2) is 0 Å². The lowest BCUT2D eigenvalue weighted by atomic mass is 10.1. The molecule has 1 fully saturated rings. The summed E-state index contributed by atoms with van der Waals surface area (Å²) in [6.07, 6.45) is 8.59. The van der Waals surface area contributed by atoms with Crippen LogP contribution in [0.2, 0.25) is 0 Å². The molecule has 1 saturated carbocycles. The van der Waals surface area contributed by atoms with Crippen molar-refractivity contribution < 1.29 is 4.79 Å². The molecule has 0 aromatic heterocycles. The smallest absolute Gasteiger partial charge is 0.136 e. The first-order valence-corrected chi connectivity index (χ1v) is 4.07. The number of Topliss-reactive ketones (excluding diaryl/α,β-unsaturated/α-hetero) is 1. The van der Waals surface area contributed by atoms with Crippen molar-refractivity contribution in [1.29, 1.82) is 0 Å². The molecule has 0 N–H and O–H groups in total. The minimum absolute atomic E-state index is 0.427. The average Bonchev–Trinajstić information content (AvgIpc) is 2.62. The zero-order valence-electron chi connectivity index (χ0n) is 6.05. The van der Waals surface area contributed by atoms with E-state index in [-0.39, 0.29) is 0 Å². The molecule has 0 bridgehead atoms. The van der Waals surface area contributed by atoms with Crippen molar-refractivity contribution in [2.75, 3.05) is 0 Å². The van der Waals surface area contributed by atoms with E-state index in [1.165, 1.54) is 0 Å². The quantitative estimate of drug-likeness (QED) is 0.465. The first kappa shape index (κ1) is 6.14. The number of hydrogen-bond donors (Lipinski definition) is 0. The van der Waals surface area contributed by atoms with Crippen LogP contribution in [0.15, 0.2) is 12.2 Å². The molecular weight excluding hydrogens is 124 g/mol. The van der Waals surface area contributed by atoms with Gasteiger partial charge in [-0.1, -0.05) is 12.2 Å². The van der Waals surface area contributed by atoms with Gasteiger partial charge in [-0.3, -0.25) is 4.79 Å². The van der Waals surface area contributed by atoms with Gasteiger partial charge < -0.3 is 0 Å². The molecule has 2 atom stereocenters. The van der Waals surface area contributed by atoms with Gasteiger partial charge in [0.25, 0.3) is 0 Å². The molecular formula is C9H12O. The molecule has 10 heavy (non-hydrogen) atoms. The maximum absolute atomic E-state index is 11.2. The molecule has 0 spiro atoms. The van der Waals surface area contributed by atoms with E-state index in [0.29, 0.717) is 17.6 Å². The molecule has 54 valence electrons. The van der Waals surface area contributed by atoms with Crippen LogP contribution in [-0.4, -0.2) is 5.78 Å². The normalized spacial score (nSPS) is 41.4. The molecule has 2 rings (SSSR count). The van der Waals surface area contributed by atoms with E-state index in [0.717, 1.165) is 25.7 Å². The van der Waals surface area contributed by atoms with E-state index in [1.807, 2.05) is 0 Å². The third-order valence-corrected chi connectivity index (χ3v) is 2.43. The first-order chi connectivity index (χ1) is 4.88. The summed E-state index contributed by atoms with van der Waals surface area (Å²) in [5.41, 5.74) is 0. The molecule has 0 aromatic carbocycles. The summed E-state index contributed by atoms with van der Waals surface area (Å²) in [7, 11) is 0. The van der Waals surface area contributed by atoms with Crippen LogP contribution in [0.5, 0.6) is 0 Å². The van der Waals surface area contributed by atoms with Gasteiger partial charge >= 0.3 is 0 Å². The summed E-state index contributed by atoms with van der Waals surface area (Å²) in [5.74, 6) is 1.57. The Hall–Kier alpha value is -0.590. The third kappa shape index (κ3) is 1.00. The first-order valence-electron chi connectivity index (χ1n) is 4.07. The fourth-order valence-corrected chi connectivity index (χ4v) is 1.65. The number of rotatable bonds is 0. The molecule has 0 aliphatic heterocycles. The number of allylic oxidation sites excluding steroid dienone is 2. The standard InChI is InChI=1S/C9H12O/c10-9-5-3-1-2-4-7-6-8(7)9/h2,4,7-8H,1,3,5-6H2/b4-2-/t7-,8+/m0/s1. The maximum Gasteiger partial charge on any atom is 0.136 e. The minimum atomic E-state index is 0.427. The Morgan fingerprint density at radius 1 is 1.50 bits per heavy atom. The van der Waals surface area contributed by atoms with Crippen LogP contribution in [0.25, 0.3) is 0 Å². The second-order valence-corrected chi connectivity index (χ2v) is 3.29. The number of carbonyl (C=O) groups excluding carboxylic acids is 1. The Kier molecular flexibility index (Phi) is 1.37. The molecule has 0 amide bonds. The van der Waals surface area contributed by atoms with Crippen molar-refractivity contribution in [3.63, 3.8) is 0 Å². The second kappa shape index (κ2) is 2.22. The predicted octanol–water partition coefficient (Wildman–Crippen LogP) is 1.93. The Labute approximate surface area is 61.1 Å². The highest BCUT2D eigenvalue weighted by Gasteiger charge is 2.40. The zero-order chi connectivity index (χ0) is 6.97. The van der Waals surface area contributed by atoms with E-state index in [2.05, 4.69) is 12.2 Å². The van der Waals surface area contributed by atoms with E-state index < -0.39 is 0 Å². The molecule has 1 nitrogen and oxygen atoms in total. The van der Waals surface area contributed by atoms with Crippen LogP contribution in [-0.2, 0) is 4.79 Å². The molecule has 0 saturated heterocycles. The molecule has 2 aliphatic carbocycles. The topological polar surface area (TPSA) is 17.1 Å². The summed E-state index contributed by atoms with van der Waals surface area (Å²) in [5, 5.41) is 0.